The van der Waals surface area contributed by atoms with Crippen LogP contribution in [0.25, 0.3) is 0 Å². The van der Waals surface area contributed by atoms with Gasteiger partial charge in [0.15, 0.2) is 46.8 Å². The lowest BCUT2D eigenvalue weighted by atomic mass is 9.49. The number of ketones is 2. The number of hydrogen-bond donors (Lipinski definition) is 2. The van der Waals surface area contributed by atoms with E-state index in [1.165, 1.54) is 25.7 Å². The molecule has 8 atom stereocenters. The van der Waals surface area contributed by atoms with Gasteiger partial charge < -0.3 is 29.2 Å². The Morgan fingerprint density at radius 2 is 1.15 bits per heavy atom. The zero-order chi connectivity index (χ0) is 41.1. The van der Waals surface area contributed by atoms with Crippen molar-refractivity contribution in [1.82, 2.24) is 9.80 Å². The maximum Gasteiger partial charge on any atom is 0.311 e. The normalized spacial score (nSPS) is 36.9. The van der Waals surface area contributed by atoms with Crippen molar-refractivity contribution in [1.29, 1.82) is 0 Å². The molecule has 2 saturated heterocycles. The molecule has 12 nitrogen and oxygen atoms in total. The summed E-state index contributed by atoms with van der Waals surface area (Å²) < 4.78 is 25.2. The molecule has 12 heteroatoms. The Morgan fingerprint density at radius 1 is 0.717 bits per heavy atom. The van der Waals surface area contributed by atoms with Gasteiger partial charge in [0.1, 0.15) is 0 Å². The Kier molecular flexibility index (Phi) is 7.98. The number of benzene rings is 2. The second-order valence-corrected chi connectivity index (χ2v) is 20.9. The summed E-state index contributed by atoms with van der Waals surface area (Å²) in [7, 11) is 0. The lowest BCUT2D eigenvalue weighted by molar-refractivity contribution is -0.188. The van der Waals surface area contributed by atoms with E-state index in [4.69, 9.17) is 18.9 Å². The van der Waals surface area contributed by atoms with E-state index in [0.717, 1.165) is 48.4 Å². The average Bonchev–Trinajstić information content (AvgIpc) is 4.14. The van der Waals surface area contributed by atoms with E-state index in [1.807, 2.05) is 26.0 Å². The maximum absolute atomic E-state index is 13.9. The molecule has 6 fully saturated rings. The van der Waals surface area contributed by atoms with Gasteiger partial charge in [-0.1, -0.05) is 26.0 Å². The van der Waals surface area contributed by atoms with Crippen LogP contribution in [-0.4, -0.2) is 105 Å². The highest BCUT2D eigenvalue weighted by Gasteiger charge is 2.75. The van der Waals surface area contributed by atoms with E-state index >= 15 is 0 Å². The Hall–Kier alpha value is -3.84. The highest BCUT2D eigenvalue weighted by atomic mass is 16.6. The predicted molar refractivity (Wildman–Crippen MR) is 215 cm³/mol. The third kappa shape index (κ3) is 4.99. The number of likely N-dealkylation sites (tertiary alicyclic amines) is 2. The topological polar surface area (TPSA) is 152 Å². The number of hydrogen-bond acceptors (Lipinski definition) is 12. The molecule has 318 valence electrons. The van der Waals surface area contributed by atoms with Crippen LogP contribution in [0.2, 0.25) is 0 Å². The SMILES string of the molecule is CCC(C)(CC(=O)Oc1ccc2c3c1O[C@H]1C(=O)CC[C@@]4(O)[C@@H](C2)N(CC2CC2)CC[C@]314)CC(=O)Oc1ccc2c3c1O[C@H]1C(=O)CC[C@@]4(O)[C@@H](C2)N(CC2CC2)CC[C@]314. The minimum atomic E-state index is -1.12. The highest BCUT2D eigenvalue weighted by Crippen LogP contribution is 2.67. The van der Waals surface area contributed by atoms with Gasteiger partial charge >= 0.3 is 11.9 Å². The fraction of sp³-hybridized carbons (Fsp3) is 0.667. The number of piperidine rings is 2. The Bertz CT molecular complexity index is 2120. The predicted octanol–water partition coefficient (Wildman–Crippen LogP) is 4.66. The number of esters is 2. The fourth-order valence-corrected chi connectivity index (χ4v) is 14.0. The lowest BCUT2D eigenvalue weighted by Crippen LogP contribution is -2.76. The van der Waals surface area contributed by atoms with E-state index < -0.39 is 51.6 Å². The molecule has 10 aliphatic rings. The largest absolute Gasteiger partial charge is 0.477 e. The molecule has 0 radical (unpaired) electrons. The van der Waals surface area contributed by atoms with Crippen LogP contribution in [0.15, 0.2) is 24.3 Å². The van der Waals surface area contributed by atoms with E-state index in [9.17, 15) is 29.4 Å². The third-order valence-electron chi connectivity index (χ3n) is 17.5. The van der Waals surface area contributed by atoms with Crippen LogP contribution in [0.3, 0.4) is 0 Å². The summed E-state index contributed by atoms with van der Waals surface area (Å²) >= 11 is 0. The number of ether oxygens (including phenoxy) is 4. The number of aliphatic hydroxyl groups is 2. The molecule has 4 aliphatic heterocycles. The van der Waals surface area contributed by atoms with Crippen LogP contribution >= 0.6 is 0 Å². The lowest BCUT2D eigenvalue weighted by Gasteiger charge is -2.62. The number of nitrogens with zero attached hydrogens (tertiary/aromatic N) is 2. The standard InChI is InChI=1S/C48H56N2O10/c1-3-44(2,22-36(53)57-32-10-8-28-20-34-47(55)14-12-30(51)42-45(47,38(28)40(32)59-42)16-18-49(34)24-26-4-5-26)23-37(54)58-33-11-9-29-21-35-48(56)15-13-31(52)43-46(48,39(29)41(33)60-43)17-19-50(35)25-27-6-7-27/h8-11,26-27,34-35,42-43,55-56H,3-7,12-25H2,1-2H3/t34-,35-,42+,43+,45+,46+,47-,48-/m1/s1. The smallest absolute Gasteiger partial charge is 0.311 e. The first-order chi connectivity index (χ1) is 28.8. The van der Waals surface area contributed by atoms with Gasteiger partial charge in [-0.15, -0.1) is 0 Å². The summed E-state index contributed by atoms with van der Waals surface area (Å²) in [5, 5.41) is 25.3. The molecular formula is C48H56N2O10. The number of Topliss-reactive ketones (excluding diaryl/α,β-unsaturated/α-hetero) is 2. The zero-order valence-electron chi connectivity index (χ0n) is 34.8. The van der Waals surface area contributed by atoms with Crippen LogP contribution in [-0.2, 0) is 42.8 Å². The van der Waals surface area contributed by atoms with Crippen LogP contribution in [0.4, 0.5) is 0 Å². The monoisotopic (exact) mass is 820 g/mol. The molecule has 0 unspecified atom stereocenters. The summed E-state index contributed by atoms with van der Waals surface area (Å²) in [6, 6.07) is 7.28. The highest BCUT2D eigenvalue weighted by molar-refractivity contribution is 5.91. The summed E-state index contributed by atoms with van der Waals surface area (Å²) in [6.45, 7) is 7.30. The molecule has 2 aromatic carbocycles. The Morgan fingerprint density at radius 3 is 1.55 bits per heavy atom. The second kappa shape index (κ2) is 12.6. The van der Waals surface area contributed by atoms with Crippen molar-refractivity contribution in [3.63, 3.8) is 0 Å². The van der Waals surface area contributed by atoms with Gasteiger partial charge in [0.2, 0.25) is 0 Å². The minimum Gasteiger partial charge on any atom is -0.477 e. The molecule has 60 heavy (non-hydrogen) atoms. The molecular weight excluding hydrogens is 765 g/mol. The van der Waals surface area contributed by atoms with Gasteiger partial charge in [0, 0.05) is 49.1 Å². The van der Waals surface area contributed by atoms with Gasteiger partial charge in [0.05, 0.1) is 34.9 Å². The molecule has 0 aromatic heterocycles. The molecule has 2 spiro atoms. The number of rotatable bonds is 11. The molecule has 2 N–H and O–H groups in total. The van der Waals surface area contributed by atoms with Crippen molar-refractivity contribution in [3.05, 3.63) is 46.5 Å². The van der Waals surface area contributed by atoms with E-state index in [2.05, 4.69) is 9.80 Å². The summed E-state index contributed by atoms with van der Waals surface area (Å²) in [4.78, 5) is 59.8. The second-order valence-electron chi connectivity index (χ2n) is 20.9. The Labute approximate surface area is 350 Å². The van der Waals surface area contributed by atoms with Crippen molar-refractivity contribution in [2.75, 3.05) is 26.2 Å². The number of carbonyl (C=O) groups is 4. The van der Waals surface area contributed by atoms with Gasteiger partial charge in [-0.25, -0.2) is 0 Å². The zero-order valence-corrected chi connectivity index (χ0v) is 34.8. The van der Waals surface area contributed by atoms with E-state index in [1.54, 1.807) is 12.1 Å². The average molecular weight is 821 g/mol. The summed E-state index contributed by atoms with van der Waals surface area (Å²) in [6.07, 6.45) is 7.38. The molecule has 12 rings (SSSR count). The molecule has 2 aromatic rings. The fourth-order valence-electron chi connectivity index (χ4n) is 14.0. The summed E-state index contributed by atoms with van der Waals surface area (Å²) in [5.74, 6) is 1.50. The Balaban J connectivity index is 0.781. The molecule has 4 bridgehead atoms. The third-order valence-corrected chi connectivity index (χ3v) is 17.5. The van der Waals surface area contributed by atoms with Gasteiger partial charge in [-0.3, -0.25) is 29.0 Å². The molecule has 0 amide bonds. The van der Waals surface area contributed by atoms with E-state index in [0.29, 0.717) is 68.3 Å². The first-order valence-electron chi connectivity index (χ1n) is 22.9. The van der Waals surface area contributed by atoms with Crippen LogP contribution in [0.1, 0.15) is 120 Å². The molecule has 4 saturated carbocycles. The van der Waals surface area contributed by atoms with Crippen molar-refractivity contribution >= 4 is 23.5 Å². The van der Waals surface area contributed by atoms with Crippen LogP contribution in [0, 0.1) is 17.3 Å². The molecule has 4 heterocycles. The van der Waals surface area contributed by atoms with E-state index in [-0.39, 0.29) is 60.8 Å². The van der Waals surface area contributed by atoms with Gasteiger partial charge in [0.25, 0.3) is 0 Å². The van der Waals surface area contributed by atoms with Crippen molar-refractivity contribution in [2.45, 2.75) is 156 Å². The van der Waals surface area contributed by atoms with Crippen LogP contribution in [0.5, 0.6) is 23.0 Å². The molecule has 6 aliphatic carbocycles. The first kappa shape index (κ1) is 37.9. The van der Waals surface area contributed by atoms with Crippen molar-refractivity contribution in [2.24, 2.45) is 17.3 Å². The van der Waals surface area contributed by atoms with Crippen LogP contribution < -0.4 is 18.9 Å². The maximum atomic E-state index is 13.9. The van der Waals surface area contributed by atoms with Crippen molar-refractivity contribution < 1.29 is 48.3 Å². The van der Waals surface area contributed by atoms with Gasteiger partial charge in [-0.2, -0.15) is 0 Å². The minimum absolute atomic E-state index is 0.0190. The first-order valence-corrected chi connectivity index (χ1v) is 22.9. The van der Waals surface area contributed by atoms with Crippen molar-refractivity contribution in [3.8, 4) is 23.0 Å². The van der Waals surface area contributed by atoms with Gasteiger partial charge in [-0.05, 0) is 124 Å². The number of carbonyl (C=O) groups excluding carboxylic acids is 4. The quantitative estimate of drug-likeness (QED) is 0.240. The summed E-state index contributed by atoms with van der Waals surface area (Å²) in [5.41, 5.74) is -1.07.